The van der Waals surface area contributed by atoms with E-state index in [1.54, 1.807) is 6.07 Å². The van der Waals surface area contributed by atoms with Crippen LogP contribution in [0.5, 0.6) is 0 Å². The third-order valence-corrected chi connectivity index (χ3v) is 5.25. The van der Waals surface area contributed by atoms with Gasteiger partial charge in [0.25, 0.3) is 0 Å². The van der Waals surface area contributed by atoms with Gasteiger partial charge in [-0.3, -0.25) is 9.59 Å². The van der Waals surface area contributed by atoms with E-state index in [9.17, 15) is 23.1 Å². The van der Waals surface area contributed by atoms with Crippen molar-refractivity contribution in [3.05, 3.63) is 29.8 Å². The van der Waals surface area contributed by atoms with Gasteiger partial charge in [0.15, 0.2) is 6.29 Å². The van der Waals surface area contributed by atoms with Crippen molar-refractivity contribution in [2.24, 2.45) is 11.7 Å². The molecule has 1 aromatic rings. The molecule has 0 aliphatic rings. The summed E-state index contributed by atoms with van der Waals surface area (Å²) in [5.41, 5.74) is 5.79. The lowest BCUT2D eigenvalue weighted by molar-refractivity contribution is -0.123. The number of aliphatic hydroxyl groups is 1. The van der Waals surface area contributed by atoms with Crippen LogP contribution in [0.4, 0.5) is 0 Å². The van der Waals surface area contributed by atoms with Crippen molar-refractivity contribution < 1.29 is 23.1 Å². The predicted molar refractivity (Wildman–Crippen MR) is 98.1 cm³/mol. The van der Waals surface area contributed by atoms with Gasteiger partial charge in [0, 0.05) is 18.7 Å². The molecule has 0 aliphatic heterocycles. The van der Waals surface area contributed by atoms with Crippen LogP contribution in [0.1, 0.15) is 37.0 Å². The third-order valence-electron chi connectivity index (χ3n) is 3.75. The first-order valence-corrected chi connectivity index (χ1v) is 9.91. The van der Waals surface area contributed by atoms with Crippen LogP contribution in [0.2, 0.25) is 0 Å². The van der Waals surface area contributed by atoms with Gasteiger partial charge < -0.3 is 16.2 Å². The van der Waals surface area contributed by atoms with Crippen LogP contribution < -0.4 is 15.8 Å². The number of hydrogen-bond donors (Lipinski definition) is 4. The quantitative estimate of drug-likeness (QED) is 0.396. The maximum absolute atomic E-state index is 12.2. The lowest BCUT2D eigenvalue weighted by atomic mass is 10.0. The van der Waals surface area contributed by atoms with Crippen molar-refractivity contribution in [1.82, 2.24) is 10.0 Å². The van der Waals surface area contributed by atoms with E-state index >= 15 is 0 Å². The lowest BCUT2D eigenvalue weighted by Gasteiger charge is -2.16. The summed E-state index contributed by atoms with van der Waals surface area (Å²) in [6.45, 7) is 3.62. The van der Waals surface area contributed by atoms with Crippen LogP contribution in [0.25, 0.3) is 0 Å². The zero-order valence-corrected chi connectivity index (χ0v) is 15.8. The molecule has 2 atom stereocenters. The van der Waals surface area contributed by atoms with Crippen LogP contribution in [-0.4, -0.2) is 51.0 Å². The van der Waals surface area contributed by atoms with Gasteiger partial charge in [-0.25, -0.2) is 13.1 Å². The van der Waals surface area contributed by atoms with E-state index in [2.05, 4.69) is 10.0 Å². The second-order valence-corrected chi connectivity index (χ2v) is 8.22. The molecule has 146 valence electrons. The Morgan fingerprint density at radius 2 is 1.88 bits per heavy atom. The molecule has 0 saturated carbocycles. The number of nitrogens with two attached hydrogens (primary N) is 1. The molecular formula is C17H27N3O5S. The summed E-state index contributed by atoms with van der Waals surface area (Å²) >= 11 is 0. The smallest absolute Gasteiger partial charge is 0.241 e. The molecule has 1 amide bonds. The molecule has 9 heteroatoms. The van der Waals surface area contributed by atoms with E-state index in [-0.39, 0.29) is 29.5 Å². The highest BCUT2D eigenvalue weighted by Gasteiger charge is 2.20. The Bertz CT molecular complexity index is 706. The Morgan fingerprint density at radius 1 is 1.23 bits per heavy atom. The second-order valence-electron chi connectivity index (χ2n) is 6.48. The summed E-state index contributed by atoms with van der Waals surface area (Å²) in [6, 6.07) is 5.07. The Balaban J connectivity index is 2.49. The molecule has 8 nitrogen and oxygen atoms in total. The molecule has 0 bridgehead atoms. The van der Waals surface area contributed by atoms with Gasteiger partial charge in [-0.05, 0) is 24.8 Å². The van der Waals surface area contributed by atoms with E-state index in [0.29, 0.717) is 18.6 Å². The molecule has 1 rings (SSSR count). The zero-order valence-electron chi connectivity index (χ0n) is 15.0. The molecule has 1 aromatic carbocycles. The highest BCUT2D eigenvalue weighted by Crippen LogP contribution is 2.13. The van der Waals surface area contributed by atoms with Gasteiger partial charge in [0.05, 0.1) is 17.0 Å². The molecule has 0 aromatic heterocycles. The number of carbonyl (C=O) groups excluding carboxylic acids is 2. The van der Waals surface area contributed by atoms with Gasteiger partial charge in [0.2, 0.25) is 15.9 Å². The summed E-state index contributed by atoms with van der Waals surface area (Å²) in [5, 5.41) is 12.4. The molecule has 26 heavy (non-hydrogen) atoms. The third kappa shape index (κ3) is 7.20. The van der Waals surface area contributed by atoms with E-state index < -0.39 is 22.2 Å². The minimum atomic E-state index is -3.95. The van der Waals surface area contributed by atoms with Crippen LogP contribution in [0.15, 0.2) is 29.2 Å². The number of hydrogen-bond acceptors (Lipinski definition) is 6. The lowest BCUT2D eigenvalue weighted by Crippen LogP contribution is -2.46. The van der Waals surface area contributed by atoms with E-state index in [4.69, 9.17) is 5.73 Å². The fourth-order valence-electron chi connectivity index (χ4n) is 2.17. The number of amides is 1. The average Bonchev–Trinajstić information content (AvgIpc) is 2.62. The fourth-order valence-corrected chi connectivity index (χ4v) is 3.42. The van der Waals surface area contributed by atoms with Crippen molar-refractivity contribution in [3.8, 4) is 0 Å². The van der Waals surface area contributed by atoms with Crippen LogP contribution in [-0.2, 0) is 14.8 Å². The Kier molecular flexibility index (Phi) is 8.86. The first-order valence-electron chi connectivity index (χ1n) is 8.42. The van der Waals surface area contributed by atoms with Crippen LogP contribution >= 0.6 is 0 Å². The van der Waals surface area contributed by atoms with Crippen molar-refractivity contribution in [1.29, 1.82) is 0 Å². The van der Waals surface area contributed by atoms with Crippen molar-refractivity contribution in [3.63, 3.8) is 0 Å². The Hall–Kier alpha value is -1.81. The van der Waals surface area contributed by atoms with Gasteiger partial charge in [-0.15, -0.1) is 0 Å². The number of aldehydes is 1. The molecule has 0 aliphatic carbocycles. The summed E-state index contributed by atoms with van der Waals surface area (Å²) in [7, 11) is -3.95. The summed E-state index contributed by atoms with van der Waals surface area (Å²) < 4.78 is 26.7. The van der Waals surface area contributed by atoms with Gasteiger partial charge in [-0.2, -0.15) is 0 Å². The number of nitrogens with one attached hydrogen (secondary N) is 2. The minimum absolute atomic E-state index is 0.0268. The molecule has 0 saturated heterocycles. The second kappa shape index (κ2) is 10.4. The average molecular weight is 385 g/mol. The first kappa shape index (κ1) is 22.2. The normalized spacial score (nSPS) is 14.0. The molecule has 5 N–H and O–H groups in total. The molecular weight excluding hydrogens is 358 g/mol. The Labute approximate surface area is 154 Å². The molecule has 0 spiro atoms. The number of benzene rings is 1. The van der Waals surface area contributed by atoms with Crippen molar-refractivity contribution in [2.75, 3.05) is 13.1 Å². The largest absolute Gasteiger partial charge is 0.390 e. The highest BCUT2D eigenvalue weighted by molar-refractivity contribution is 7.89. The number of carbonyl (C=O) groups is 2. The van der Waals surface area contributed by atoms with Crippen molar-refractivity contribution >= 4 is 22.2 Å². The maximum atomic E-state index is 12.2. The monoisotopic (exact) mass is 385 g/mol. The number of aliphatic hydroxyl groups excluding tert-OH is 1. The topological polar surface area (TPSA) is 139 Å². The molecule has 1 unspecified atom stereocenters. The molecule has 0 fully saturated rings. The standard InChI is InChI=1S/C17H27N3O5S/c1-12(2)7-8-15(18)17(23)19-9-14(22)10-20-26(24,25)16-6-4-3-5-13(16)11-21/h3-6,11-12,14-15,20,22H,7-10,18H2,1-2H3,(H,19,23)/t14?,15-/m0/s1. The summed E-state index contributed by atoms with van der Waals surface area (Å²) in [6.07, 6.45) is 0.667. The first-order chi connectivity index (χ1) is 12.2. The summed E-state index contributed by atoms with van der Waals surface area (Å²) in [5.74, 6) is 0.0435. The predicted octanol–water partition coefficient (Wildman–Crippen LogP) is 0.0180. The number of rotatable bonds is 11. The Morgan fingerprint density at radius 3 is 2.50 bits per heavy atom. The minimum Gasteiger partial charge on any atom is -0.390 e. The van der Waals surface area contributed by atoms with Gasteiger partial charge in [-0.1, -0.05) is 32.0 Å². The van der Waals surface area contributed by atoms with E-state index in [1.807, 2.05) is 13.8 Å². The molecule has 0 heterocycles. The van der Waals surface area contributed by atoms with Crippen molar-refractivity contribution in [2.45, 2.75) is 43.7 Å². The van der Waals surface area contributed by atoms with Gasteiger partial charge >= 0.3 is 0 Å². The molecule has 0 radical (unpaired) electrons. The van der Waals surface area contributed by atoms with E-state index in [1.165, 1.54) is 18.2 Å². The summed E-state index contributed by atoms with van der Waals surface area (Å²) in [4.78, 5) is 22.6. The maximum Gasteiger partial charge on any atom is 0.241 e. The SMILES string of the molecule is CC(C)CC[C@H](N)C(=O)NCC(O)CNS(=O)(=O)c1ccccc1C=O. The van der Waals surface area contributed by atoms with Crippen LogP contribution in [0.3, 0.4) is 0 Å². The highest BCUT2D eigenvalue weighted by atomic mass is 32.2. The zero-order chi connectivity index (χ0) is 19.7. The fraction of sp³-hybridized carbons (Fsp3) is 0.529. The van der Waals surface area contributed by atoms with Gasteiger partial charge in [0.1, 0.15) is 0 Å². The van der Waals surface area contributed by atoms with E-state index in [0.717, 1.165) is 6.42 Å². The van der Waals surface area contributed by atoms with Crippen LogP contribution in [0, 0.1) is 5.92 Å². The number of sulfonamides is 1.